The van der Waals surface area contributed by atoms with Crippen LogP contribution in [0.2, 0.25) is 0 Å². The molecular formula is C16H21NO4. The van der Waals surface area contributed by atoms with Crippen molar-refractivity contribution in [3.8, 4) is 0 Å². The molecule has 1 aromatic carbocycles. The van der Waals surface area contributed by atoms with Gasteiger partial charge < -0.3 is 14.6 Å². The zero-order valence-corrected chi connectivity index (χ0v) is 12.0. The highest BCUT2D eigenvalue weighted by atomic mass is 16.6. The smallest absolute Gasteiger partial charge is 0.410 e. The molecule has 5 heteroatoms. The first-order valence-corrected chi connectivity index (χ1v) is 7.45. The van der Waals surface area contributed by atoms with Gasteiger partial charge in [0.15, 0.2) is 0 Å². The number of rotatable bonds is 3. The Balaban J connectivity index is 1.60. The van der Waals surface area contributed by atoms with Crippen molar-refractivity contribution in [2.45, 2.75) is 37.5 Å². The normalized spacial score (nSPS) is 23.7. The number of aliphatic hydroxyl groups is 1. The molecule has 2 aliphatic rings. The summed E-state index contributed by atoms with van der Waals surface area (Å²) < 4.78 is 11.2. The molecule has 0 aromatic heterocycles. The van der Waals surface area contributed by atoms with Crippen LogP contribution in [0.15, 0.2) is 30.3 Å². The molecule has 1 unspecified atom stereocenters. The second-order valence-electron chi connectivity index (χ2n) is 5.85. The average Bonchev–Trinajstić information content (AvgIpc) is 2.51. The quantitative estimate of drug-likeness (QED) is 0.924. The fourth-order valence-corrected chi connectivity index (χ4v) is 2.89. The molecule has 1 aliphatic heterocycles. The summed E-state index contributed by atoms with van der Waals surface area (Å²) in [5.74, 6) is 0. The lowest BCUT2D eigenvalue weighted by atomic mass is 9.78. The molecule has 1 amide bonds. The predicted molar refractivity (Wildman–Crippen MR) is 76.7 cm³/mol. The van der Waals surface area contributed by atoms with E-state index in [4.69, 9.17) is 9.47 Å². The van der Waals surface area contributed by atoms with E-state index in [0.29, 0.717) is 13.2 Å². The maximum atomic E-state index is 12.3. The van der Waals surface area contributed by atoms with Crippen LogP contribution in [-0.4, -0.2) is 47.5 Å². The molecule has 2 fully saturated rings. The van der Waals surface area contributed by atoms with Gasteiger partial charge in [-0.1, -0.05) is 30.3 Å². The summed E-state index contributed by atoms with van der Waals surface area (Å²) in [6, 6.07) is 9.29. The van der Waals surface area contributed by atoms with Crippen LogP contribution in [0.4, 0.5) is 4.79 Å². The van der Waals surface area contributed by atoms with Crippen molar-refractivity contribution in [3.63, 3.8) is 0 Å². The van der Waals surface area contributed by atoms with Gasteiger partial charge in [-0.2, -0.15) is 0 Å². The second-order valence-corrected chi connectivity index (χ2v) is 5.85. The monoisotopic (exact) mass is 291 g/mol. The molecule has 1 saturated heterocycles. The van der Waals surface area contributed by atoms with Crippen LogP contribution in [-0.2, 0) is 16.1 Å². The number of carbonyl (C=O) groups excluding carboxylic acids is 1. The van der Waals surface area contributed by atoms with Crippen LogP contribution < -0.4 is 0 Å². The van der Waals surface area contributed by atoms with Crippen molar-refractivity contribution in [2.75, 3.05) is 19.8 Å². The van der Waals surface area contributed by atoms with Gasteiger partial charge in [-0.15, -0.1) is 0 Å². The molecule has 1 N–H and O–H groups in total. The lowest BCUT2D eigenvalue weighted by Gasteiger charge is -2.50. The van der Waals surface area contributed by atoms with Gasteiger partial charge in [0.25, 0.3) is 0 Å². The Bertz CT molecular complexity index is 486. The largest absolute Gasteiger partial charge is 0.445 e. The Morgan fingerprint density at radius 3 is 2.76 bits per heavy atom. The molecule has 3 rings (SSSR count). The number of aliphatic hydroxyl groups excluding tert-OH is 1. The van der Waals surface area contributed by atoms with E-state index in [-0.39, 0.29) is 30.9 Å². The van der Waals surface area contributed by atoms with Crippen molar-refractivity contribution in [1.29, 1.82) is 0 Å². The lowest BCUT2D eigenvalue weighted by molar-refractivity contribution is -0.169. The summed E-state index contributed by atoms with van der Waals surface area (Å²) in [6.07, 6.45) is 2.73. The Morgan fingerprint density at radius 1 is 1.38 bits per heavy atom. The first-order chi connectivity index (χ1) is 10.2. The van der Waals surface area contributed by atoms with Gasteiger partial charge in [0.2, 0.25) is 0 Å². The van der Waals surface area contributed by atoms with Crippen LogP contribution in [0.3, 0.4) is 0 Å². The second kappa shape index (κ2) is 6.03. The van der Waals surface area contributed by atoms with Crippen LogP contribution in [0.25, 0.3) is 0 Å². The fourth-order valence-electron chi connectivity index (χ4n) is 2.89. The van der Waals surface area contributed by atoms with Crippen molar-refractivity contribution < 1.29 is 19.4 Å². The van der Waals surface area contributed by atoms with Crippen LogP contribution in [0.5, 0.6) is 0 Å². The van der Waals surface area contributed by atoms with Gasteiger partial charge in [0.1, 0.15) is 6.61 Å². The Morgan fingerprint density at radius 2 is 2.14 bits per heavy atom. The zero-order chi connectivity index (χ0) is 14.7. The summed E-state index contributed by atoms with van der Waals surface area (Å²) in [7, 11) is 0. The highest BCUT2D eigenvalue weighted by Gasteiger charge is 2.46. The van der Waals surface area contributed by atoms with E-state index in [1.807, 2.05) is 30.3 Å². The van der Waals surface area contributed by atoms with Crippen LogP contribution >= 0.6 is 0 Å². The van der Waals surface area contributed by atoms with Gasteiger partial charge in [-0.05, 0) is 24.8 Å². The van der Waals surface area contributed by atoms with E-state index in [0.717, 1.165) is 24.8 Å². The summed E-state index contributed by atoms with van der Waals surface area (Å²) in [5, 5.41) is 9.43. The Kier molecular flexibility index (Phi) is 4.12. The van der Waals surface area contributed by atoms with E-state index in [2.05, 4.69) is 0 Å². The van der Waals surface area contributed by atoms with E-state index < -0.39 is 0 Å². The van der Waals surface area contributed by atoms with Gasteiger partial charge in [-0.3, -0.25) is 4.90 Å². The average molecular weight is 291 g/mol. The molecule has 1 aromatic rings. The Labute approximate surface area is 124 Å². The summed E-state index contributed by atoms with van der Waals surface area (Å²) in [6.45, 7) is 1.06. The van der Waals surface area contributed by atoms with E-state index in [1.54, 1.807) is 4.90 Å². The molecular weight excluding hydrogens is 270 g/mol. The summed E-state index contributed by atoms with van der Waals surface area (Å²) in [4.78, 5) is 13.9. The van der Waals surface area contributed by atoms with Crippen LogP contribution in [0, 0.1) is 0 Å². The van der Waals surface area contributed by atoms with E-state index in [1.165, 1.54) is 0 Å². The molecule has 1 saturated carbocycles. The van der Waals surface area contributed by atoms with Gasteiger partial charge in [-0.25, -0.2) is 4.79 Å². The van der Waals surface area contributed by atoms with Gasteiger partial charge in [0, 0.05) is 0 Å². The molecule has 0 bridgehead atoms. The van der Waals surface area contributed by atoms with Crippen LogP contribution in [0.1, 0.15) is 24.8 Å². The van der Waals surface area contributed by atoms with Crippen molar-refractivity contribution in [1.82, 2.24) is 4.90 Å². The van der Waals surface area contributed by atoms with Gasteiger partial charge in [0.05, 0.1) is 31.4 Å². The van der Waals surface area contributed by atoms with Crippen molar-refractivity contribution in [2.24, 2.45) is 0 Å². The SMILES string of the molecule is O=C(OCc1ccccc1)N1CC2(CCC2)OCC1CO. The Hall–Kier alpha value is -1.59. The number of hydrogen-bond donors (Lipinski definition) is 1. The number of carbonyl (C=O) groups is 1. The third-order valence-electron chi connectivity index (χ3n) is 4.40. The van der Waals surface area contributed by atoms with Gasteiger partial charge >= 0.3 is 6.09 Å². The number of benzene rings is 1. The number of morpholine rings is 1. The predicted octanol–water partition coefficient (Wildman–Crippen LogP) is 1.94. The number of nitrogens with zero attached hydrogens (tertiary/aromatic N) is 1. The maximum absolute atomic E-state index is 12.3. The number of ether oxygens (including phenoxy) is 2. The van der Waals surface area contributed by atoms with E-state index >= 15 is 0 Å². The highest BCUT2D eigenvalue weighted by Crippen LogP contribution is 2.39. The van der Waals surface area contributed by atoms with E-state index in [9.17, 15) is 9.90 Å². The third kappa shape index (κ3) is 3.04. The molecule has 21 heavy (non-hydrogen) atoms. The molecule has 1 spiro atoms. The topological polar surface area (TPSA) is 59.0 Å². The minimum Gasteiger partial charge on any atom is -0.445 e. The molecule has 114 valence electrons. The highest BCUT2D eigenvalue weighted by molar-refractivity contribution is 5.68. The number of hydrogen-bond acceptors (Lipinski definition) is 4. The molecule has 1 aliphatic carbocycles. The molecule has 0 radical (unpaired) electrons. The van der Waals surface area contributed by atoms with Crippen molar-refractivity contribution >= 4 is 6.09 Å². The molecule has 1 heterocycles. The standard InChI is InChI=1S/C16H21NO4/c18-9-14-11-21-16(7-4-8-16)12-17(14)15(19)20-10-13-5-2-1-3-6-13/h1-3,5-6,14,18H,4,7-12H2. The number of amides is 1. The summed E-state index contributed by atoms with van der Waals surface area (Å²) >= 11 is 0. The molecule has 1 atom stereocenters. The minimum absolute atomic E-state index is 0.101. The minimum atomic E-state index is -0.368. The maximum Gasteiger partial charge on any atom is 0.410 e. The van der Waals surface area contributed by atoms with Crippen molar-refractivity contribution in [3.05, 3.63) is 35.9 Å². The molecule has 5 nitrogen and oxygen atoms in total. The summed E-state index contributed by atoms with van der Waals surface area (Å²) in [5.41, 5.74) is 0.760. The third-order valence-corrected chi connectivity index (χ3v) is 4.40. The fraction of sp³-hybridized carbons (Fsp3) is 0.562. The lowest BCUT2D eigenvalue weighted by Crippen LogP contribution is -2.62. The zero-order valence-electron chi connectivity index (χ0n) is 12.0. The first kappa shape index (κ1) is 14.4. The first-order valence-electron chi connectivity index (χ1n) is 7.45.